The Balaban J connectivity index is 1.43. The van der Waals surface area contributed by atoms with Gasteiger partial charge in [0.05, 0.1) is 17.4 Å². The van der Waals surface area contributed by atoms with E-state index >= 15 is 0 Å². The second-order valence-corrected chi connectivity index (χ2v) is 13.2. The van der Waals surface area contributed by atoms with Crippen molar-refractivity contribution in [2.24, 2.45) is 11.8 Å². The Morgan fingerprint density at radius 2 is 1.83 bits per heavy atom. The van der Waals surface area contributed by atoms with Gasteiger partial charge in [0.2, 0.25) is 10.0 Å². The molecule has 2 aromatic heterocycles. The topological polar surface area (TPSA) is 75.6 Å². The zero-order chi connectivity index (χ0) is 24.7. The molecule has 1 aliphatic carbocycles. The maximum absolute atomic E-state index is 13.2. The molecule has 0 bridgehead atoms. The highest BCUT2D eigenvalue weighted by atomic mass is 32.2. The highest BCUT2D eigenvalue weighted by Crippen LogP contribution is 2.41. The minimum atomic E-state index is -3.55. The quantitative estimate of drug-likeness (QED) is 0.481. The fraction of sp³-hybridized carbons (Fsp3) is 0.538. The molecule has 1 aromatic carbocycles. The van der Waals surface area contributed by atoms with Gasteiger partial charge in [0.1, 0.15) is 22.2 Å². The van der Waals surface area contributed by atoms with Crippen LogP contribution in [0.25, 0.3) is 10.2 Å². The van der Waals surface area contributed by atoms with E-state index in [1.165, 1.54) is 22.2 Å². The lowest BCUT2D eigenvalue weighted by molar-refractivity contribution is 0.383. The predicted octanol–water partition coefficient (Wildman–Crippen LogP) is 4.53. The summed E-state index contributed by atoms with van der Waals surface area (Å²) in [7, 11) is -1.97. The van der Waals surface area contributed by atoms with E-state index in [-0.39, 0.29) is 0 Å². The number of ether oxygens (including phenoxy) is 1. The Labute approximate surface area is 212 Å². The molecule has 7 nitrogen and oxygen atoms in total. The molecule has 3 heterocycles. The van der Waals surface area contributed by atoms with Gasteiger partial charge in [0.25, 0.3) is 0 Å². The molecule has 0 spiro atoms. The van der Waals surface area contributed by atoms with Crippen LogP contribution in [0.3, 0.4) is 0 Å². The molecule has 35 heavy (non-hydrogen) atoms. The van der Waals surface area contributed by atoms with E-state index in [1.54, 1.807) is 35.7 Å². The standard InChI is InChI=1S/C26H34N4O3S2/c1-17(2)15-23-27-25(24-21-10-5-18(3)16-22(21)34-26(24)28-23)29-11-13-30(14-12-29)35(31,32)20-8-6-19(33-4)7-9-20/h6-9,17-18H,5,10-16H2,1-4H3. The zero-order valence-corrected chi connectivity index (χ0v) is 22.6. The number of fused-ring (bicyclic) bond motifs is 3. The highest BCUT2D eigenvalue weighted by Gasteiger charge is 2.31. The first-order valence-electron chi connectivity index (χ1n) is 12.5. The minimum absolute atomic E-state index is 0.302. The summed E-state index contributed by atoms with van der Waals surface area (Å²) in [5.41, 5.74) is 1.42. The summed E-state index contributed by atoms with van der Waals surface area (Å²) in [4.78, 5) is 15.2. The van der Waals surface area contributed by atoms with Gasteiger partial charge in [-0.25, -0.2) is 18.4 Å². The second kappa shape index (κ2) is 9.67. The Hall–Kier alpha value is -2.23. The maximum atomic E-state index is 13.2. The molecule has 1 saturated heterocycles. The molecule has 0 N–H and O–H groups in total. The molecule has 5 rings (SSSR count). The molecule has 0 saturated carbocycles. The van der Waals surface area contributed by atoms with Crippen LogP contribution in [-0.4, -0.2) is 56.0 Å². The Bertz CT molecular complexity index is 1310. The molecular weight excluding hydrogens is 480 g/mol. The van der Waals surface area contributed by atoms with E-state index < -0.39 is 10.0 Å². The van der Waals surface area contributed by atoms with Gasteiger partial charge in [-0.2, -0.15) is 4.31 Å². The van der Waals surface area contributed by atoms with Gasteiger partial charge >= 0.3 is 0 Å². The van der Waals surface area contributed by atoms with Gasteiger partial charge in [0, 0.05) is 37.5 Å². The van der Waals surface area contributed by atoms with Crippen molar-refractivity contribution >= 4 is 37.4 Å². The maximum Gasteiger partial charge on any atom is 0.243 e. The van der Waals surface area contributed by atoms with Crippen LogP contribution in [0.5, 0.6) is 5.75 Å². The lowest BCUT2D eigenvalue weighted by Crippen LogP contribution is -2.49. The van der Waals surface area contributed by atoms with Crippen LogP contribution < -0.4 is 9.64 Å². The fourth-order valence-corrected chi connectivity index (χ4v) is 7.91. The van der Waals surface area contributed by atoms with Gasteiger partial charge in [-0.15, -0.1) is 11.3 Å². The number of thiophene rings is 1. The lowest BCUT2D eigenvalue weighted by Gasteiger charge is -2.35. The molecule has 9 heteroatoms. The average Bonchev–Trinajstić information content (AvgIpc) is 3.20. The minimum Gasteiger partial charge on any atom is -0.497 e. The summed E-state index contributed by atoms with van der Waals surface area (Å²) in [6, 6.07) is 6.62. The number of methoxy groups -OCH3 is 1. The van der Waals surface area contributed by atoms with Gasteiger partial charge in [-0.05, 0) is 60.9 Å². The molecule has 1 fully saturated rings. The number of sulfonamides is 1. The van der Waals surface area contributed by atoms with Crippen LogP contribution in [0.15, 0.2) is 29.2 Å². The first-order valence-corrected chi connectivity index (χ1v) is 14.7. The van der Waals surface area contributed by atoms with Gasteiger partial charge in [-0.3, -0.25) is 0 Å². The summed E-state index contributed by atoms with van der Waals surface area (Å²) >= 11 is 1.83. The zero-order valence-electron chi connectivity index (χ0n) is 21.0. The summed E-state index contributed by atoms with van der Waals surface area (Å²) in [5, 5.41) is 1.20. The van der Waals surface area contributed by atoms with Crippen molar-refractivity contribution in [3.8, 4) is 5.75 Å². The van der Waals surface area contributed by atoms with E-state index in [2.05, 4.69) is 25.7 Å². The van der Waals surface area contributed by atoms with Crippen molar-refractivity contribution in [2.75, 3.05) is 38.2 Å². The largest absolute Gasteiger partial charge is 0.497 e. The molecule has 2 aliphatic rings. The normalized spacial score (nSPS) is 19.3. The van der Waals surface area contributed by atoms with E-state index in [4.69, 9.17) is 14.7 Å². The third-order valence-corrected chi connectivity index (χ3v) is 10.1. The molecule has 0 amide bonds. The van der Waals surface area contributed by atoms with E-state index in [1.807, 2.05) is 11.3 Å². The third kappa shape index (κ3) is 4.78. The number of nitrogens with zero attached hydrogens (tertiary/aromatic N) is 4. The van der Waals surface area contributed by atoms with Crippen LogP contribution in [-0.2, 0) is 29.3 Å². The van der Waals surface area contributed by atoms with Gasteiger partial charge < -0.3 is 9.64 Å². The number of aromatic nitrogens is 2. The SMILES string of the molecule is COc1ccc(S(=O)(=O)N2CCN(c3nc(CC(C)C)nc4sc5c(c34)CCC(C)C5)CC2)cc1. The Kier molecular flexibility index (Phi) is 6.76. The molecule has 1 unspecified atom stereocenters. The van der Waals surface area contributed by atoms with Gasteiger partial charge in [-0.1, -0.05) is 20.8 Å². The molecule has 188 valence electrons. The highest BCUT2D eigenvalue weighted by molar-refractivity contribution is 7.89. The first-order chi connectivity index (χ1) is 16.8. The first kappa shape index (κ1) is 24.5. The van der Waals surface area contributed by atoms with Crippen LogP contribution in [0.4, 0.5) is 5.82 Å². The molecule has 1 aliphatic heterocycles. The van der Waals surface area contributed by atoms with Crippen LogP contribution in [0, 0.1) is 11.8 Å². The van der Waals surface area contributed by atoms with Crippen molar-refractivity contribution in [3.63, 3.8) is 0 Å². The summed E-state index contributed by atoms with van der Waals surface area (Å²) < 4.78 is 33.2. The number of anilines is 1. The van der Waals surface area contributed by atoms with Crippen molar-refractivity contribution in [1.29, 1.82) is 0 Å². The van der Waals surface area contributed by atoms with Crippen molar-refractivity contribution in [1.82, 2.24) is 14.3 Å². The third-order valence-electron chi connectivity index (χ3n) is 7.01. The smallest absolute Gasteiger partial charge is 0.243 e. The monoisotopic (exact) mass is 514 g/mol. The summed E-state index contributed by atoms with van der Waals surface area (Å²) in [6.45, 7) is 8.81. The Morgan fingerprint density at radius 3 is 2.49 bits per heavy atom. The van der Waals surface area contributed by atoms with Crippen molar-refractivity contribution in [2.45, 2.75) is 51.3 Å². The van der Waals surface area contributed by atoms with Crippen LogP contribution >= 0.6 is 11.3 Å². The van der Waals surface area contributed by atoms with E-state index in [0.717, 1.165) is 35.7 Å². The number of benzene rings is 1. The number of piperazine rings is 1. The number of hydrogen-bond donors (Lipinski definition) is 0. The van der Waals surface area contributed by atoms with Crippen molar-refractivity contribution < 1.29 is 13.2 Å². The molecule has 3 aromatic rings. The lowest BCUT2D eigenvalue weighted by atomic mass is 9.89. The fourth-order valence-electron chi connectivity index (χ4n) is 5.09. The number of hydrogen-bond acceptors (Lipinski definition) is 7. The summed E-state index contributed by atoms with van der Waals surface area (Å²) in [5.74, 6) is 3.71. The molecule has 0 radical (unpaired) electrons. The van der Waals surface area contributed by atoms with E-state index in [9.17, 15) is 8.42 Å². The predicted molar refractivity (Wildman–Crippen MR) is 141 cm³/mol. The van der Waals surface area contributed by atoms with Crippen LogP contribution in [0.1, 0.15) is 43.5 Å². The van der Waals surface area contributed by atoms with Crippen LogP contribution in [0.2, 0.25) is 0 Å². The second-order valence-electron chi connectivity index (χ2n) is 10.2. The average molecular weight is 515 g/mol. The molecule has 1 atom stereocenters. The number of aryl methyl sites for hydroxylation is 1. The summed E-state index contributed by atoms with van der Waals surface area (Å²) in [6.07, 6.45) is 4.22. The molecular formula is C26H34N4O3S2. The Morgan fingerprint density at radius 1 is 1.11 bits per heavy atom. The van der Waals surface area contributed by atoms with Gasteiger partial charge in [0.15, 0.2) is 0 Å². The number of rotatable bonds is 6. The van der Waals surface area contributed by atoms with Crippen molar-refractivity contribution in [3.05, 3.63) is 40.5 Å². The van der Waals surface area contributed by atoms with E-state index in [0.29, 0.717) is 48.7 Å².